The van der Waals surface area contributed by atoms with Crippen molar-refractivity contribution in [3.05, 3.63) is 23.8 Å². The highest BCUT2D eigenvalue weighted by atomic mass is 16.5. The minimum atomic E-state index is 0.195. The molecule has 14 heavy (non-hydrogen) atoms. The standard InChI is InChI=1S/C11H18O3/c1-13-11-5-3-10(4-6-11)9-14-8-2-7-12/h3-5,11-12H,2,6-9H2,1H3. The first-order chi connectivity index (χ1) is 6.86. The molecule has 3 nitrogen and oxygen atoms in total. The summed E-state index contributed by atoms with van der Waals surface area (Å²) in [6.07, 6.45) is 8.06. The van der Waals surface area contributed by atoms with Gasteiger partial charge in [-0.25, -0.2) is 0 Å². The second-order valence-electron chi connectivity index (χ2n) is 3.28. The Kier molecular flexibility index (Phi) is 5.52. The van der Waals surface area contributed by atoms with Crippen LogP contribution in [-0.2, 0) is 9.47 Å². The Labute approximate surface area is 85.0 Å². The molecule has 0 amide bonds. The maximum atomic E-state index is 8.54. The van der Waals surface area contributed by atoms with Gasteiger partial charge in [-0.3, -0.25) is 0 Å². The molecule has 0 bridgehead atoms. The van der Waals surface area contributed by atoms with Crippen LogP contribution < -0.4 is 0 Å². The highest BCUT2D eigenvalue weighted by Crippen LogP contribution is 2.12. The number of hydrogen-bond acceptors (Lipinski definition) is 3. The van der Waals surface area contributed by atoms with Gasteiger partial charge in [0.25, 0.3) is 0 Å². The summed E-state index contributed by atoms with van der Waals surface area (Å²) < 4.78 is 10.5. The molecule has 0 spiro atoms. The highest BCUT2D eigenvalue weighted by molar-refractivity contribution is 5.24. The van der Waals surface area contributed by atoms with E-state index < -0.39 is 0 Å². The second-order valence-corrected chi connectivity index (χ2v) is 3.28. The minimum absolute atomic E-state index is 0.195. The third-order valence-electron chi connectivity index (χ3n) is 2.16. The molecule has 1 rings (SSSR count). The summed E-state index contributed by atoms with van der Waals surface area (Å²) in [6.45, 7) is 1.45. The van der Waals surface area contributed by atoms with Gasteiger partial charge in [-0.05, 0) is 18.4 Å². The molecule has 0 fully saturated rings. The monoisotopic (exact) mass is 198 g/mol. The molecule has 80 valence electrons. The average Bonchev–Trinajstić information content (AvgIpc) is 2.25. The zero-order chi connectivity index (χ0) is 10.2. The van der Waals surface area contributed by atoms with Gasteiger partial charge in [0.15, 0.2) is 0 Å². The molecule has 0 aliphatic heterocycles. The molecule has 0 aromatic rings. The molecule has 0 heterocycles. The Bertz CT molecular complexity index is 209. The molecule has 1 aliphatic rings. The summed E-state index contributed by atoms with van der Waals surface area (Å²) in [7, 11) is 1.71. The fourth-order valence-corrected chi connectivity index (χ4v) is 1.28. The van der Waals surface area contributed by atoms with Crippen molar-refractivity contribution in [3.8, 4) is 0 Å². The van der Waals surface area contributed by atoms with Crippen LogP contribution in [0.25, 0.3) is 0 Å². The molecule has 0 radical (unpaired) electrons. The number of methoxy groups -OCH3 is 1. The largest absolute Gasteiger partial charge is 0.396 e. The van der Waals surface area contributed by atoms with Gasteiger partial charge >= 0.3 is 0 Å². The van der Waals surface area contributed by atoms with E-state index in [-0.39, 0.29) is 12.7 Å². The summed E-state index contributed by atoms with van der Waals surface area (Å²) in [5, 5.41) is 8.54. The van der Waals surface area contributed by atoms with Gasteiger partial charge in [0.2, 0.25) is 0 Å². The lowest BCUT2D eigenvalue weighted by molar-refractivity contribution is 0.130. The Morgan fingerprint density at radius 3 is 3.00 bits per heavy atom. The maximum Gasteiger partial charge on any atom is 0.0789 e. The Balaban J connectivity index is 2.15. The molecule has 0 saturated carbocycles. The molecule has 0 aromatic heterocycles. The maximum absolute atomic E-state index is 8.54. The lowest BCUT2D eigenvalue weighted by Gasteiger charge is -2.14. The molecule has 0 saturated heterocycles. The first-order valence-corrected chi connectivity index (χ1v) is 4.95. The van der Waals surface area contributed by atoms with E-state index in [1.54, 1.807) is 7.11 Å². The van der Waals surface area contributed by atoms with Gasteiger partial charge in [0, 0.05) is 20.3 Å². The lowest BCUT2D eigenvalue weighted by atomic mass is 10.1. The molecule has 1 N–H and O–H groups in total. The smallest absolute Gasteiger partial charge is 0.0789 e. The van der Waals surface area contributed by atoms with Gasteiger partial charge in [0.05, 0.1) is 12.7 Å². The van der Waals surface area contributed by atoms with Crippen molar-refractivity contribution in [2.24, 2.45) is 0 Å². The summed E-state index contributed by atoms with van der Waals surface area (Å²) in [5.74, 6) is 0. The Morgan fingerprint density at radius 2 is 2.43 bits per heavy atom. The van der Waals surface area contributed by atoms with E-state index in [2.05, 4.69) is 6.08 Å². The number of hydrogen-bond donors (Lipinski definition) is 1. The highest BCUT2D eigenvalue weighted by Gasteiger charge is 2.06. The van der Waals surface area contributed by atoms with Crippen molar-refractivity contribution in [2.45, 2.75) is 18.9 Å². The fraction of sp³-hybridized carbons (Fsp3) is 0.636. The molecular formula is C11H18O3. The summed E-state index contributed by atoms with van der Waals surface area (Å²) in [5.41, 5.74) is 1.19. The normalized spacial score (nSPS) is 21.0. The van der Waals surface area contributed by atoms with Crippen LogP contribution in [0.2, 0.25) is 0 Å². The molecule has 0 aromatic carbocycles. The van der Waals surface area contributed by atoms with Crippen LogP contribution in [0.4, 0.5) is 0 Å². The predicted octanol–water partition coefficient (Wildman–Crippen LogP) is 1.29. The number of aliphatic hydroxyl groups is 1. The Morgan fingerprint density at radius 1 is 1.57 bits per heavy atom. The van der Waals surface area contributed by atoms with E-state index in [1.165, 1.54) is 5.57 Å². The van der Waals surface area contributed by atoms with Crippen LogP contribution >= 0.6 is 0 Å². The Hall–Kier alpha value is -0.640. The molecule has 1 aliphatic carbocycles. The van der Waals surface area contributed by atoms with Crippen LogP contribution in [0, 0.1) is 0 Å². The van der Waals surface area contributed by atoms with Gasteiger partial charge in [-0.2, -0.15) is 0 Å². The number of ether oxygens (including phenoxy) is 2. The third kappa shape index (κ3) is 4.05. The van der Waals surface area contributed by atoms with Crippen molar-refractivity contribution >= 4 is 0 Å². The summed E-state index contributed by atoms with van der Waals surface area (Å²) in [6, 6.07) is 0. The van der Waals surface area contributed by atoms with Crippen molar-refractivity contribution in [3.63, 3.8) is 0 Å². The van der Waals surface area contributed by atoms with Crippen LogP contribution in [0.3, 0.4) is 0 Å². The van der Waals surface area contributed by atoms with Gasteiger partial charge in [0.1, 0.15) is 0 Å². The van der Waals surface area contributed by atoms with Gasteiger partial charge in [-0.15, -0.1) is 0 Å². The summed E-state index contributed by atoms with van der Waals surface area (Å²) >= 11 is 0. The van der Waals surface area contributed by atoms with E-state index in [4.69, 9.17) is 14.6 Å². The van der Waals surface area contributed by atoms with Gasteiger partial charge < -0.3 is 14.6 Å². The molecule has 1 atom stereocenters. The second kappa shape index (κ2) is 6.76. The minimum Gasteiger partial charge on any atom is -0.396 e. The third-order valence-corrected chi connectivity index (χ3v) is 2.16. The van der Waals surface area contributed by atoms with Crippen LogP contribution in [0.15, 0.2) is 23.8 Å². The predicted molar refractivity (Wildman–Crippen MR) is 55.2 cm³/mol. The van der Waals surface area contributed by atoms with Crippen molar-refractivity contribution in [2.75, 3.05) is 26.9 Å². The van der Waals surface area contributed by atoms with Crippen molar-refractivity contribution in [1.29, 1.82) is 0 Å². The summed E-state index contributed by atoms with van der Waals surface area (Å²) in [4.78, 5) is 0. The first kappa shape index (κ1) is 11.4. The average molecular weight is 198 g/mol. The molecular weight excluding hydrogens is 180 g/mol. The van der Waals surface area contributed by atoms with Crippen LogP contribution in [-0.4, -0.2) is 38.1 Å². The van der Waals surface area contributed by atoms with Crippen molar-refractivity contribution < 1.29 is 14.6 Å². The molecule has 1 unspecified atom stereocenters. The number of aliphatic hydroxyl groups excluding tert-OH is 1. The van der Waals surface area contributed by atoms with E-state index in [0.717, 1.165) is 6.42 Å². The molecule has 3 heteroatoms. The van der Waals surface area contributed by atoms with E-state index in [9.17, 15) is 0 Å². The zero-order valence-electron chi connectivity index (χ0n) is 8.61. The fourth-order valence-electron chi connectivity index (χ4n) is 1.28. The first-order valence-electron chi connectivity index (χ1n) is 4.95. The van der Waals surface area contributed by atoms with E-state index in [0.29, 0.717) is 19.6 Å². The number of rotatable bonds is 6. The topological polar surface area (TPSA) is 38.7 Å². The van der Waals surface area contributed by atoms with E-state index >= 15 is 0 Å². The SMILES string of the molecule is COC1C=CC(COCCCO)=CC1. The van der Waals surface area contributed by atoms with E-state index in [1.807, 2.05) is 12.2 Å². The quantitative estimate of drug-likeness (QED) is 0.653. The van der Waals surface area contributed by atoms with Crippen molar-refractivity contribution in [1.82, 2.24) is 0 Å². The van der Waals surface area contributed by atoms with Crippen LogP contribution in [0.1, 0.15) is 12.8 Å². The van der Waals surface area contributed by atoms with Gasteiger partial charge in [-0.1, -0.05) is 18.2 Å². The van der Waals surface area contributed by atoms with Crippen LogP contribution in [0.5, 0.6) is 0 Å². The lowest BCUT2D eigenvalue weighted by Crippen LogP contribution is -2.10. The zero-order valence-corrected chi connectivity index (χ0v) is 8.61.